The van der Waals surface area contributed by atoms with E-state index in [0.717, 1.165) is 12.1 Å². The Morgan fingerprint density at radius 2 is 1.84 bits per heavy atom. The second kappa shape index (κ2) is 6.42. The summed E-state index contributed by atoms with van der Waals surface area (Å²) in [6.07, 6.45) is 0. The standard InChI is InChI=1S/C16H17Cl2N/c1-11-4-3-5-13(8-11)10-19-12(2)14-6-7-15(17)16(18)9-14/h3-9,12,19H,10H2,1-2H3. The van der Waals surface area contributed by atoms with Crippen LogP contribution < -0.4 is 5.32 Å². The topological polar surface area (TPSA) is 12.0 Å². The number of benzene rings is 2. The molecule has 0 saturated heterocycles. The maximum absolute atomic E-state index is 6.04. The zero-order chi connectivity index (χ0) is 13.8. The highest BCUT2D eigenvalue weighted by Crippen LogP contribution is 2.25. The Kier molecular flexibility index (Phi) is 4.87. The molecule has 0 fully saturated rings. The smallest absolute Gasteiger partial charge is 0.0595 e. The number of nitrogens with one attached hydrogen (secondary N) is 1. The van der Waals surface area contributed by atoms with Gasteiger partial charge >= 0.3 is 0 Å². The summed E-state index contributed by atoms with van der Waals surface area (Å²) in [4.78, 5) is 0. The van der Waals surface area contributed by atoms with Crippen LogP contribution in [0.5, 0.6) is 0 Å². The third-order valence-corrected chi connectivity index (χ3v) is 3.88. The molecule has 3 heteroatoms. The molecule has 0 aliphatic carbocycles. The molecule has 100 valence electrons. The summed E-state index contributed by atoms with van der Waals surface area (Å²) in [5.41, 5.74) is 3.70. The van der Waals surface area contributed by atoms with Crippen molar-refractivity contribution in [1.82, 2.24) is 5.32 Å². The number of hydrogen-bond acceptors (Lipinski definition) is 1. The van der Waals surface area contributed by atoms with Gasteiger partial charge in [-0.2, -0.15) is 0 Å². The molecule has 1 N–H and O–H groups in total. The van der Waals surface area contributed by atoms with Gasteiger partial charge in [0, 0.05) is 12.6 Å². The number of rotatable bonds is 4. The Labute approximate surface area is 124 Å². The zero-order valence-corrected chi connectivity index (χ0v) is 12.6. The highest BCUT2D eigenvalue weighted by molar-refractivity contribution is 6.42. The minimum Gasteiger partial charge on any atom is -0.306 e. The van der Waals surface area contributed by atoms with Gasteiger partial charge in [-0.3, -0.25) is 0 Å². The molecule has 0 amide bonds. The highest BCUT2D eigenvalue weighted by Gasteiger charge is 2.07. The lowest BCUT2D eigenvalue weighted by atomic mass is 10.1. The van der Waals surface area contributed by atoms with E-state index in [2.05, 4.69) is 43.4 Å². The summed E-state index contributed by atoms with van der Waals surface area (Å²) in [6.45, 7) is 5.06. The summed E-state index contributed by atoms with van der Waals surface area (Å²) in [7, 11) is 0. The molecular formula is C16H17Cl2N. The Hall–Kier alpha value is -1.02. The van der Waals surface area contributed by atoms with Gasteiger partial charge in [-0.05, 0) is 37.1 Å². The number of hydrogen-bond donors (Lipinski definition) is 1. The summed E-state index contributed by atoms with van der Waals surface area (Å²) in [5, 5.41) is 4.68. The van der Waals surface area contributed by atoms with Crippen molar-refractivity contribution >= 4 is 23.2 Å². The summed E-state index contributed by atoms with van der Waals surface area (Å²) in [5.74, 6) is 0. The van der Waals surface area contributed by atoms with E-state index >= 15 is 0 Å². The fraction of sp³-hybridized carbons (Fsp3) is 0.250. The third-order valence-electron chi connectivity index (χ3n) is 3.14. The monoisotopic (exact) mass is 293 g/mol. The van der Waals surface area contributed by atoms with E-state index in [4.69, 9.17) is 23.2 Å². The fourth-order valence-electron chi connectivity index (χ4n) is 1.99. The van der Waals surface area contributed by atoms with Crippen LogP contribution in [0.25, 0.3) is 0 Å². The van der Waals surface area contributed by atoms with Gasteiger partial charge in [0.1, 0.15) is 0 Å². The van der Waals surface area contributed by atoms with Crippen LogP contribution in [0.15, 0.2) is 42.5 Å². The number of aryl methyl sites for hydroxylation is 1. The molecule has 0 heterocycles. The van der Waals surface area contributed by atoms with E-state index in [1.54, 1.807) is 0 Å². The van der Waals surface area contributed by atoms with Gasteiger partial charge in [0.25, 0.3) is 0 Å². The van der Waals surface area contributed by atoms with Gasteiger partial charge in [0.15, 0.2) is 0 Å². The second-order valence-corrected chi connectivity index (χ2v) is 5.58. The second-order valence-electron chi connectivity index (χ2n) is 4.77. The molecule has 0 bridgehead atoms. The molecule has 19 heavy (non-hydrogen) atoms. The normalized spacial score (nSPS) is 12.4. The Morgan fingerprint density at radius 1 is 1.05 bits per heavy atom. The minimum atomic E-state index is 0.232. The molecule has 2 aromatic rings. The average Bonchev–Trinajstić information content (AvgIpc) is 2.39. The zero-order valence-electron chi connectivity index (χ0n) is 11.1. The van der Waals surface area contributed by atoms with Crippen LogP contribution >= 0.6 is 23.2 Å². The van der Waals surface area contributed by atoms with Gasteiger partial charge < -0.3 is 5.32 Å². The fourth-order valence-corrected chi connectivity index (χ4v) is 2.30. The Balaban J connectivity index is 2.01. The first-order valence-electron chi connectivity index (χ1n) is 6.30. The number of halogens is 2. The van der Waals surface area contributed by atoms with E-state index in [-0.39, 0.29) is 6.04 Å². The van der Waals surface area contributed by atoms with Gasteiger partial charge in [0.2, 0.25) is 0 Å². The van der Waals surface area contributed by atoms with Gasteiger partial charge in [-0.15, -0.1) is 0 Å². The molecule has 1 unspecified atom stereocenters. The first-order valence-corrected chi connectivity index (χ1v) is 7.06. The Bertz CT molecular complexity index is 566. The molecule has 0 aliphatic heterocycles. The van der Waals surface area contributed by atoms with Crippen molar-refractivity contribution in [3.05, 3.63) is 69.2 Å². The van der Waals surface area contributed by atoms with E-state index in [1.807, 2.05) is 18.2 Å². The van der Waals surface area contributed by atoms with Crippen molar-refractivity contribution in [3.8, 4) is 0 Å². The van der Waals surface area contributed by atoms with Crippen LogP contribution in [-0.4, -0.2) is 0 Å². The first-order chi connectivity index (χ1) is 9.06. The van der Waals surface area contributed by atoms with Crippen molar-refractivity contribution in [1.29, 1.82) is 0 Å². The van der Waals surface area contributed by atoms with Crippen molar-refractivity contribution < 1.29 is 0 Å². The molecule has 2 aromatic carbocycles. The SMILES string of the molecule is Cc1cccc(CNC(C)c2ccc(Cl)c(Cl)c2)c1. The molecule has 1 nitrogen and oxygen atoms in total. The molecular weight excluding hydrogens is 277 g/mol. The van der Waals surface area contributed by atoms with Crippen LogP contribution in [0.1, 0.15) is 29.7 Å². The largest absolute Gasteiger partial charge is 0.306 e. The maximum atomic E-state index is 6.04. The lowest BCUT2D eigenvalue weighted by Gasteiger charge is -2.15. The first kappa shape index (κ1) is 14.4. The van der Waals surface area contributed by atoms with Crippen LogP contribution in [0.3, 0.4) is 0 Å². The minimum absolute atomic E-state index is 0.232. The highest BCUT2D eigenvalue weighted by atomic mass is 35.5. The van der Waals surface area contributed by atoms with Gasteiger partial charge in [-0.1, -0.05) is 59.1 Å². The summed E-state index contributed by atoms with van der Waals surface area (Å²) >= 11 is 12.0. The van der Waals surface area contributed by atoms with Gasteiger partial charge in [-0.25, -0.2) is 0 Å². The van der Waals surface area contributed by atoms with Crippen molar-refractivity contribution in [2.24, 2.45) is 0 Å². The molecule has 0 radical (unpaired) electrons. The molecule has 1 atom stereocenters. The Morgan fingerprint density at radius 3 is 2.53 bits per heavy atom. The average molecular weight is 294 g/mol. The van der Waals surface area contributed by atoms with E-state index in [0.29, 0.717) is 10.0 Å². The quantitative estimate of drug-likeness (QED) is 0.822. The van der Waals surface area contributed by atoms with Crippen molar-refractivity contribution in [2.75, 3.05) is 0 Å². The van der Waals surface area contributed by atoms with Gasteiger partial charge in [0.05, 0.1) is 10.0 Å². The molecule has 0 aliphatic rings. The molecule has 2 rings (SSSR count). The predicted octanol–water partition coefficient (Wildman–Crippen LogP) is 5.15. The molecule has 0 saturated carbocycles. The summed E-state index contributed by atoms with van der Waals surface area (Å²) < 4.78 is 0. The maximum Gasteiger partial charge on any atom is 0.0595 e. The van der Waals surface area contributed by atoms with Crippen LogP contribution in [0.2, 0.25) is 10.0 Å². The summed E-state index contributed by atoms with van der Waals surface area (Å²) in [6, 6.07) is 14.5. The van der Waals surface area contributed by atoms with Crippen LogP contribution in [-0.2, 0) is 6.54 Å². The third kappa shape index (κ3) is 3.97. The van der Waals surface area contributed by atoms with E-state index < -0.39 is 0 Å². The van der Waals surface area contributed by atoms with Crippen LogP contribution in [0.4, 0.5) is 0 Å². The van der Waals surface area contributed by atoms with Crippen molar-refractivity contribution in [2.45, 2.75) is 26.4 Å². The lowest BCUT2D eigenvalue weighted by molar-refractivity contribution is 0.574. The molecule has 0 spiro atoms. The lowest BCUT2D eigenvalue weighted by Crippen LogP contribution is -2.18. The predicted molar refractivity (Wildman–Crippen MR) is 82.9 cm³/mol. The van der Waals surface area contributed by atoms with Crippen LogP contribution in [0, 0.1) is 6.92 Å². The molecule has 0 aromatic heterocycles. The van der Waals surface area contributed by atoms with E-state index in [1.165, 1.54) is 11.1 Å². The van der Waals surface area contributed by atoms with E-state index in [9.17, 15) is 0 Å². The van der Waals surface area contributed by atoms with Crippen molar-refractivity contribution in [3.63, 3.8) is 0 Å².